The number of aliphatic hydroxyl groups excluding tert-OH is 1. The van der Waals surface area contributed by atoms with E-state index in [1.54, 1.807) is 13.2 Å². The third kappa shape index (κ3) is 3.21. The molecule has 0 amide bonds. The van der Waals surface area contributed by atoms with Gasteiger partial charge in [0.2, 0.25) is 0 Å². The molecule has 3 aromatic carbocycles. The maximum Gasteiger partial charge on any atom is 0.127 e. The van der Waals surface area contributed by atoms with Crippen LogP contribution >= 0.6 is 0 Å². The van der Waals surface area contributed by atoms with Gasteiger partial charge in [-0.05, 0) is 53.8 Å². The van der Waals surface area contributed by atoms with Crippen molar-refractivity contribution in [2.45, 2.75) is 18.3 Å². The first-order chi connectivity index (χ1) is 13.1. The van der Waals surface area contributed by atoms with Crippen LogP contribution in [-0.4, -0.2) is 12.2 Å². The molecule has 0 saturated carbocycles. The van der Waals surface area contributed by atoms with Gasteiger partial charge in [-0.2, -0.15) is 0 Å². The highest BCUT2D eigenvalue weighted by molar-refractivity contribution is 5.68. The molecular formula is C24H21FO2. The van der Waals surface area contributed by atoms with E-state index in [4.69, 9.17) is 4.74 Å². The SMILES string of the molecule is COc1ccc(CC2(c3ccccc3F)C=C(O)c3ccccc3C2)cc1. The average Bonchev–Trinajstić information content (AvgIpc) is 2.69. The van der Waals surface area contributed by atoms with Gasteiger partial charge in [-0.3, -0.25) is 0 Å². The van der Waals surface area contributed by atoms with E-state index in [2.05, 4.69) is 0 Å². The number of hydrogen-bond donors (Lipinski definition) is 1. The average molecular weight is 360 g/mol. The summed E-state index contributed by atoms with van der Waals surface area (Å²) in [6.07, 6.45) is 3.02. The van der Waals surface area contributed by atoms with Crippen LogP contribution in [0.15, 0.2) is 78.9 Å². The first-order valence-corrected chi connectivity index (χ1v) is 8.99. The Morgan fingerprint density at radius 2 is 1.67 bits per heavy atom. The molecule has 136 valence electrons. The maximum absolute atomic E-state index is 14.8. The van der Waals surface area contributed by atoms with Crippen LogP contribution in [0.5, 0.6) is 5.75 Å². The minimum atomic E-state index is -0.654. The summed E-state index contributed by atoms with van der Waals surface area (Å²) in [7, 11) is 1.63. The molecule has 0 aromatic heterocycles. The van der Waals surface area contributed by atoms with E-state index in [1.165, 1.54) is 6.07 Å². The van der Waals surface area contributed by atoms with Crippen LogP contribution in [0.1, 0.15) is 22.3 Å². The number of methoxy groups -OCH3 is 1. The van der Waals surface area contributed by atoms with Gasteiger partial charge < -0.3 is 9.84 Å². The van der Waals surface area contributed by atoms with E-state index in [0.29, 0.717) is 18.4 Å². The lowest BCUT2D eigenvalue weighted by atomic mass is 9.67. The van der Waals surface area contributed by atoms with E-state index in [1.807, 2.05) is 66.7 Å². The second-order valence-electron chi connectivity index (χ2n) is 7.02. The molecule has 1 unspecified atom stereocenters. The maximum atomic E-state index is 14.8. The molecule has 0 saturated heterocycles. The summed E-state index contributed by atoms with van der Waals surface area (Å²) in [5.41, 5.74) is 2.84. The molecule has 0 spiro atoms. The smallest absolute Gasteiger partial charge is 0.127 e. The molecule has 0 bridgehead atoms. The van der Waals surface area contributed by atoms with Gasteiger partial charge in [0.15, 0.2) is 0 Å². The largest absolute Gasteiger partial charge is 0.508 e. The van der Waals surface area contributed by atoms with Gasteiger partial charge in [-0.1, -0.05) is 54.6 Å². The number of aliphatic hydroxyl groups is 1. The topological polar surface area (TPSA) is 29.5 Å². The second kappa shape index (κ2) is 6.92. The molecule has 0 aliphatic heterocycles. The molecule has 3 aromatic rings. The Labute approximate surface area is 158 Å². The first-order valence-electron chi connectivity index (χ1n) is 8.99. The Bertz CT molecular complexity index is 991. The van der Waals surface area contributed by atoms with Gasteiger partial charge in [0.05, 0.1) is 7.11 Å². The van der Waals surface area contributed by atoms with E-state index >= 15 is 0 Å². The standard InChI is InChI=1S/C24H21FO2/c1-27-19-12-10-17(11-13-19)14-24(21-8-4-5-9-22(21)25)15-18-6-2-3-7-20(18)23(26)16-24/h2-13,16,26H,14-15H2,1H3. The Morgan fingerprint density at radius 3 is 2.41 bits per heavy atom. The minimum Gasteiger partial charge on any atom is -0.508 e. The summed E-state index contributed by atoms with van der Waals surface area (Å²) in [4.78, 5) is 0. The number of halogens is 1. The quantitative estimate of drug-likeness (QED) is 0.668. The van der Waals surface area contributed by atoms with Gasteiger partial charge in [-0.25, -0.2) is 4.39 Å². The van der Waals surface area contributed by atoms with E-state index in [-0.39, 0.29) is 11.6 Å². The molecule has 0 radical (unpaired) electrons. The highest BCUT2D eigenvalue weighted by atomic mass is 19.1. The Morgan fingerprint density at radius 1 is 0.963 bits per heavy atom. The van der Waals surface area contributed by atoms with Crippen molar-refractivity contribution in [3.8, 4) is 5.75 Å². The molecule has 0 fully saturated rings. The zero-order valence-electron chi connectivity index (χ0n) is 15.2. The van der Waals surface area contributed by atoms with E-state index < -0.39 is 5.41 Å². The summed E-state index contributed by atoms with van der Waals surface area (Å²) < 4.78 is 20.1. The third-order valence-electron chi connectivity index (χ3n) is 5.30. The van der Waals surface area contributed by atoms with Crippen LogP contribution in [0.3, 0.4) is 0 Å². The summed E-state index contributed by atoms with van der Waals surface area (Å²) in [5, 5.41) is 10.7. The van der Waals surface area contributed by atoms with Crippen molar-refractivity contribution in [3.63, 3.8) is 0 Å². The van der Waals surface area contributed by atoms with Crippen molar-refractivity contribution in [2.75, 3.05) is 7.11 Å². The zero-order valence-corrected chi connectivity index (χ0v) is 15.2. The Kier molecular flexibility index (Phi) is 4.44. The van der Waals surface area contributed by atoms with Gasteiger partial charge in [0.1, 0.15) is 17.3 Å². The number of allylic oxidation sites excluding steroid dienone is 1. The first kappa shape index (κ1) is 17.3. The fourth-order valence-electron chi connectivity index (χ4n) is 4.01. The van der Waals surface area contributed by atoms with E-state index in [0.717, 1.165) is 22.4 Å². The highest BCUT2D eigenvalue weighted by Gasteiger charge is 2.37. The molecule has 2 nitrogen and oxygen atoms in total. The van der Waals surface area contributed by atoms with Gasteiger partial charge in [0.25, 0.3) is 0 Å². The summed E-state index contributed by atoms with van der Waals surface area (Å²) in [5.74, 6) is 0.731. The molecule has 0 heterocycles. The summed E-state index contributed by atoms with van der Waals surface area (Å²) in [6, 6.07) is 22.4. The molecule has 1 N–H and O–H groups in total. The van der Waals surface area contributed by atoms with Crippen molar-refractivity contribution in [1.29, 1.82) is 0 Å². The lowest BCUT2D eigenvalue weighted by molar-refractivity contribution is 0.414. The molecular weight excluding hydrogens is 339 g/mol. The minimum absolute atomic E-state index is 0.202. The van der Waals surface area contributed by atoms with Gasteiger partial charge in [-0.15, -0.1) is 0 Å². The lowest BCUT2D eigenvalue weighted by Gasteiger charge is -2.36. The van der Waals surface area contributed by atoms with Crippen molar-refractivity contribution in [2.24, 2.45) is 0 Å². The number of rotatable bonds is 4. The van der Waals surface area contributed by atoms with Crippen molar-refractivity contribution < 1.29 is 14.2 Å². The van der Waals surface area contributed by atoms with Gasteiger partial charge in [0, 0.05) is 11.0 Å². The van der Waals surface area contributed by atoms with Crippen LogP contribution in [0.4, 0.5) is 4.39 Å². The van der Waals surface area contributed by atoms with Crippen LogP contribution in [0.25, 0.3) is 5.76 Å². The zero-order chi connectivity index (χ0) is 18.9. The predicted molar refractivity (Wildman–Crippen MR) is 106 cm³/mol. The number of ether oxygens (including phenoxy) is 1. The molecule has 1 aliphatic carbocycles. The van der Waals surface area contributed by atoms with Crippen LogP contribution in [0.2, 0.25) is 0 Å². The van der Waals surface area contributed by atoms with Gasteiger partial charge >= 0.3 is 0 Å². The fraction of sp³-hybridized carbons (Fsp3) is 0.167. The molecule has 4 rings (SSSR count). The summed E-state index contributed by atoms with van der Waals surface area (Å²) in [6.45, 7) is 0. The van der Waals surface area contributed by atoms with Crippen LogP contribution in [0, 0.1) is 5.82 Å². The van der Waals surface area contributed by atoms with Crippen molar-refractivity contribution in [1.82, 2.24) is 0 Å². The normalized spacial score (nSPS) is 18.5. The lowest BCUT2D eigenvalue weighted by Crippen LogP contribution is -2.33. The number of hydrogen-bond acceptors (Lipinski definition) is 2. The predicted octanol–water partition coefficient (Wildman–Crippen LogP) is 5.47. The summed E-state index contributed by atoms with van der Waals surface area (Å²) >= 11 is 0. The molecule has 27 heavy (non-hydrogen) atoms. The Hall–Kier alpha value is -3.07. The Balaban J connectivity index is 1.84. The molecule has 1 atom stereocenters. The van der Waals surface area contributed by atoms with E-state index in [9.17, 15) is 9.50 Å². The fourth-order valence-corrected chi connectivity index (χ4v) is 4.01. The number of benzene rings is 3. The molecule has 3 heteroatoms. The van der Waals surface area contributed by atoms with Crippen molar-refractivity contribution >= 4 is 5.76 Å². The second-order valence-corrected chi connectivity index (χ2v) is 7.02. The van der Waals surface area contributed by atoms with Crippen LogP contribution in [-0.2, 0) is 18.3 Å². The number of fused-ring (bicyclic) bond motifs is 1. The third-order valence-corrected chi connectivity index (χ3v) is 5.30. The molecule has 1 aliphatic rings. The monoisotopic (exact) mass is 360 g/mol. The van der Waals surface area contributed by atoms with Crippen LogP contribution < -0.4 is 4.74 Å². The highest BCUT2D eigenvalue weighted by Crippen LogP contribution is 2.42. The van der Waals surface area contributed by atoms with Crippen molar-refractivity contribution in [3.05, 3.63) is 107 Å².